The van der Waals surface area contributed by atoms with Crippen molar-refractivity contribution in [2.75, 3.05) is 9.80 Å². The van der Waals surface area contributed by atoms with Crippen molar-refractivity contribution < 1.29 is 0 Å². The van der Waals surface area contributed by atoms with Crippen LogP contribution in [0.25, 0.3) is 105 Å². The SMILES string of the molecule is c1ccc(-c2ccc(N3c4cc(-n5c6ccccc6c6ccccc65)cc5c4B(c4ccc6c(c43)-c3ccccc3C63c4ccccc4-c4ccccc43)c3ccc4c(c3N5c3ccc5c(c3)C3(c6ccccc6-c6ccccc63)c3ccccc3-5)C3(c5ccccc5-c5ccccc53)c3ccccc3-4)cc2)cc1. The van der Waals surface area contributed by atoms with Gasteiger partial charge in [-0.05, 0) is 198 Å². The fourth-order valence-electron chi connectivity index (χ4n) is 22.8. The zero-order valence-corrected chi connectivity index (χ0v) is 59.2. The maximum Gasteiger partial charge on any atom is 0.252 e. The summed E-state index contributed by atoms with van der Waals surface area (Å²) < 4.78 is 2.58. The Hall–Kier alpha value is -13.8. The lowest BCUT2D eigenvalue weighted by Gasteiger charge is -2.47. The average molecular weight is 1380 g/mol. The number of para-hydroxylation sites is 2. The Morgan fingerprint density at radius 1 is 0.220 bits per heavy atom. The zero-order valence-electron chi connectivity index (χ0n) is 59.2. The van der Waals surface area contributed by atoms with Crippen LogP contribution in [0.1, 0.15) is 66.8 Å². The number of rotatable bonds is 4. The summed E-state index contributed by atoms with van der Waals surface area (Å²) in [6.07, 6.45) is 0. The number of hydrogen-bond donors (Lipinski definition) is 0. The first-order valence-electron chi connectivity index (χ1n) is 38.4. The van der Waals surface area contributed by atoms with Crippen LogP contribution in [-0.4, -0.2) is 11.3 Å². The topological polar surface area (TPSA) is 11.4 Å². The van der Waals surface area contributed by atoms with Gasteiger partial charge in [-0.2, -0.15) is 0 Å². The predicted octanol–water partition coefficient (Wildman–Crippen LogP) is 23.6. The summed E-state index contributed by atoms with van der Waals surface area (Å²) >= 11 is 0. The average Bonchev–Trinajstić information content (AvgIpc) is 1.54. The van der Waals surface area contributed by atoms with Gasteiger partial charge in [-0.3, -0.25) is 0 Å². The minimum Gasteiger partial charge on any atom is -0.311 e. The van der Waals surface area contributed by atoms with Crippen molar-refractivity contribution in [2.45, 2.75) is 16.2 Å². The molecular weight excluding hydrogens is 1310 g/mol. The van der Waals surface area contributed by atoms with E-state index >= 15 is 0 Å². The molecule has 0 fully saturated rings. The molecule has 0 bridgehead atoms. The highest BCUT2D eigenvalue weighted by atomic mass is 15.2. The molecule has 6 aliphatic carbocycles. The number of anilines is 6. The maximum absolute atomic E-state index is 2.81. The van der Waals surface area contributed by atoms with Gasteiger partial charge in [0, 0.05) is 56.0 Å². The third-order valence-electron chi connectivity index (χ3n) is 26.6. The summed E-state index contributed by atoms with van der Waals surface area (Å²) in [5.41, 5.74) is 45.7. The van der Waals surface area contributed by atoms with Crippen LogP contribution in [0.15, 0.2) is 376 Å². The molecule has 4 heteroatoms. The number of benzene rings is 17. The lowest BCUT2D eigenvalue weighted by molar-refractivity contribution is 0.790. The van der Waals surface area contributed by atoms with Crippen molar-refractivity contribution in [3.05, 3.63) is 443 Å². The van der Waals surface area contributed by atoms with Gasteiger partial charge in [-0.1, -0.05) is 328 Å². The Kier molecular flexibility index (Phi) is 11.2. The molecular formula is C105H62BN3. The largest absolute Gasteiger partial charge is 0.311 e. The number of nitrogens with zero attached hydrogens (tertiary/aromatic N) is 3. The van der Waals surface area contributed by atoms with E-state index in [2.05, 4.69) is 390 Å². The van der Waals surface area contributed by atoms with Gasteiger partial charge in [0.05, 0.1) is 33.0 Å². The van der Waals surface area contributed by atoms with Crippen LogP contribution in [-0.2, 0) is 16.2 Å². The molecule has 3 nitrogen and oxygen atoms in total. The normalized spacial score (nSPS) is 15.0. The Morgan fingerprint density at radius 2 is 0.569 bits per heavy atom. The summed E-state index contributed by atoms with van der Waals surface area (Å²) in [5, 5.41) is 2.44. The van der Waals surface area contributed by atoms with Crippen molar-refractivity contribution in [2.24, 2.45) is 0 Å². The van der Waals surface area contributed by atoms with E-state index in [0.717, 1.165) is 39.5 Å². The molecule has 0 N–H and O–H groups in total. The second kappa shape index (κ2) is 20.8. The molecule has 0 saturated carbocycles. The number of hydrogen-bond acceptors (Lipinski definition) is 2. The first kappa shape index (κ1) is 58.5. The van der Waals surface area contributed by atoms with E-state index in [0.29, 0.717) is 0 Å². The Balaban J connectivity index is 0.856. The van der Waals surface area contributed by atoms with Crippen molar-refractivity contribution >= 4 is 79.0 Å². The summed E-state index contributed by atoms with van der Waals surface area (Å²) in [7, 11) is 0. The molecule has 500 valence electrons. The highest BCUT2D eigenvalue weighted by molar-refractivity contribution is 7.00. The second-order valence-corrected chi connectivity index (χ2v) is 31.0. The van der Waals surface area contributed by atoms with Crippen LogP contribution in [0.5, 0.6) is 0 Å². The summed E-state index contributed by atoms with van der Waals surface area (Å²) in [6, 6.07) is 146. The van der Waals surface area contributed by atoms with Gasteiger partial charge in [0.2, 0.25) is 0 Å². The highest BCUT2D eigenvalue weighted by Gasteiger charge is 2.59. The van der Waals surface area contributed by atoms with Crippen LogP contribution >= 0.6 is 0 Å². The van der Waals surface area contributed by atoms with E-state index in [4.69, 9.17) is 0 Å². The maximum atomic E-state index is 2.81. The molecule has 26 rings (SSSR count). The van der Waals surface area contributed by atoms with Gasteiger partial charge < -0.3 is 14.4 Å². The van der Waals surface area contributed by atoms with E-state index in [9.17, 15) is 0 Å². The monoisotopic (exact) mass is 1380 g/mol. The summed E-state index contributed by atoms with van der Waals surface area (Å²) in [6.45, 7) is -0.285. The lowest BCUT2D eigenvalue weighted by atomic mass is 9.33. The van der Waals surface area contributed by atoms with Crippen LogP contribution in [0.4, 0.5) is 34.1 Å². The molecule has 2 aliphatic heterocycles. The van der Waals surface area contributed by atoms with E-state index in [1.165, 1.54) is 183 Å². The standard InChI is InChI=1S/C105H62BN3/c1-2-26-63(27-3-1)64-50-52-65(53-51-64)108-96-61-67(107-94-48-24-13-36-77(94)78-37-14-25-49-95(78)107)62-97-100(96)106(92-59-57-90-98(101(92)108)80-38-12-23-47-89(80)103(90)81-39-15-4-28-68(81)69-29-5-16-40-82(69)103)93-58-56-79-75-35-11-22-46-88(75)105(86-44-20-9-32-72(86)73-33-10-21-45-87(73)105)99(79)102(93)109(97)66-54-55-76-74-34-8-19-43-85(74)104(91(76)60-66)83-41-17-6-30-70(83)71-31-7-18-42-84(71)104/h1-62H. The van der Waals surface area contributed by atoms with Crippen molar-refractivity contribution in [1.29, 1.82) is 0 Å². The molecule has 0 atom stereocenters. The second-order valence-electron chi connectivity index (χ2n) is 31.0. The number of fused-ring (bicyclic) bond motifs is 39. The molecule has 0 saturated heterocycles. The van der Waals surface area contributed by atoms with Gasteiger partial charge in [0.1, 0.15) is 0 Å². The van der Waals surface area contributed by atoms with Crippen LogP contribution in [0.3, 0.4) is 0 Å². The van der Waals surface area contributed by atoms with Crippen LogP contribution in [0.2, 0.25) is 0 Å². The van der Waals surface area contributed by atoms with E-state index in [1.54, 1.807) is 0 Å². The zero-order chi connectivity index (χ0) is 70.7. The highest BCUT2D eigenvalue weighted by Crippen LogP contribution is 2.70. The van der Waals surface area contributed by atoms with Crippen LogP contribution in [0, 0.1) is 0 Å². The Bertz CT molecular complexity index is 6930. The molecule has 109 heavy (non-hydrogen) atoms. The predicted molar refractivity (Wildman–Crippen MR) is 449 cm³/mol. The van der Waals surface area contributed by atoms with E-state index < -0.39 is 16.2 Å². The summed E-state index contributed by atoms with van der Waals surface area (Å²) in [5.74, 6) is 0. The molecule has 0 amide bonds. The van der Waals surface area contributed by atoms with E-state index in [1.807, 2.05) is 0 Å². The fraction of sp³-hybridized carbons (Fsp3) is 0.0286. The fourth-order valence-corrected chi connectivity index (χ4v) is 22.8. The third kappa shape index (κ3) is 6.92. The minimum absolute atomic E-state index is 0.285. The van der Waals surface area contributed by atoms with Crippen molar-refractivity contribution in [3.8, 4) is 83.6 Å². The molecule has 17 aromatic carbocycles. The van der Waals surface area contributed by atoms with Gasteiger partial charge in [-0.25, -0.2) is 0 Å². The smallest absolute Gasteiger partial charge is 0.252 e. The molecule has 0 radical (unpaired) electrons. The lowest BCUT2D eigenvalue weighted by Crippen LogP contribution is -2.62. The Labute approximate surface area is 631 Å². The Morgan fingerprint density at radius 3 is 1.06 bits per heavy atom. The van der Waals surface area contributed by atoms with Crippen molar-refractivity contribution in [3.63, 3.8) is 0 Å². The summed E-state index contributed by atoms with van der Waals surface area (Å²) in [4.78, 5) is 5.55. The van der Waals surface area contributed by atoms with Gasteiger partial charge in [-0.15, -0.1) is 0 Å². The molecule has 1 aromatic heterocycles. The van der Waals surface area contributed by atoms with Gasteiger partial charge in [0.25, 0.3) is 6.71 Å². The molecule has 0 unspecified atom stereocenters. The molecule has 18 aromatic rings. The first-order chi connectivity index (χ1) is 54.1. The van der Waals surface area contributed by atoms with Crippen LogP contribution < -0.4 is 26.2 Å². The first-order valence-corrected chi connectivity index (χ1v) is 38.4. The third-order valence-corrected chi connectivity index (χ3v) is 26.6. The molecule has 3 heterocycles. The molecule has 3 spiro atoms. The van der Waals surface area contributed by atoms with E-state index in [-0.39, 0.29) is 6.71 Å². The van der Waals surface area contributed by atoms with Gasteiger partial charge >= 0.3 is 0 Å². The minimum atomic E-state index is -0.735. The molecule has 8 aliphatic rings. The number of aromatic nitrogens is 1. The van der Waals surface area contributed by atoms with Crippen molar-refractivity contribution in [1.82, 2.24) is 4.57 Å². The van der Waals surface area contributed by atoms with Gasteiger partial charge in [0.15, 0.2) is 0 Å². The quantitative estimate of drug-likeness (QED) is 0.163.